The predicted octanol–water partition coefficient (Wildman–Crippen LogP) is 4.11. The van der Waals surface area contributed by atoms with Gasteiger partial charge in [0.25, 0.3) is 0 Å². The second-order valence-electron chi connectivity index (χ2n) is 6.81. The normalized spacial score (nSPS) is 25.5. The van der Waals surface area contributed by atoms with Gasteiger partial charge in [-0.25, -0.2) is 0 Å². The summed E-state index contributed by atoms with van der Waals surface area (Å²) in [7, 11) is 0. The molecule has 0 bridgehead atoms. The zero-order chi connectivity index (χ0) is 14.7. The molecule has 0 radical (unpaired) electrons. The zero-order valence-electron chi connectivity index (χ0n) is 12.7. The van der Waals surface area contributed by atoms with Crippen LogP contribution in [-0.4, -0.2) is 18.2 Å². The van der Waals surface area contributed by atoms with Gasteiger partial charge in [-0.2, -0.15) is 0 Å². The molecule has 116 valence electrons. The van der Waals surface area contributed by atoms with Gasteiger partial charge in [0.2, 0.25) is 0 Å². The van der Waals surface area contributed by atoms with Crippen LogP contribution >= 0.6 is 11.6 Å². The summed E-state index contributed by atoms with van der Waals surface area (Å²) in [6.45, 7) is 1.98. The smallest absolute Gasteiger partial charge is 0.0937 e. The Morgan fingerprint density at radius 3 is 2.81 bits per heavy atom. The van der Waals surface area contributed by atoms with Gasteiger partial charge in [-0.15, -0.1) is 0 Å². The summed E-state index contributed by atoms with van der Waals surface area (Å²) in [5.74, 6) is 1.22. The van der Waals surface area contributed by atoms with Crippen LogP contribution in [0, 0.1) is 11.8 Å². The maximum absolute atomic E-state index is 11.5. The van der Waals surface area contributed by atoms with Gasteiger partial charge < -0.3 is 10.4 Å². The molecular formula is C18H26ClNO. The third kappa shape index (κ3) is 3.80. The molecule has 2 fully saturated rings. The van der Waals surface area contributed by atoms with Crippen LogP contribution in [0.3, 0.4) is 0 Å². The molecule has 21 heavy (non-hydrogen) atoms. The molecule has 2 aliphatic rings. The molecule has 1 aliphatic heterocycles. The van der Waals surface area contributed by atoms with Crippen molar-refractivity contribution in [3.8, 4) is 0 Å². The van der Waals surface area contributed by atoms with Crippen LogP contribution in [0.5, 0.6) is 0 Å². The lowest BCUT2D eigenvalue weighted by Gasteiger charge is -2.39. The van der Waals surface area contributed by atoms with E-state index in [2.05, 4.69) is 5.32 Å². The lowest BCUT2D eigenvalue weighted by Crippen LogP contribution is -2.44. The first kappa shape index (κ1) is 15.3. The molecule has 3 heteroatoms. The van der Waals surface area contributed by atoms with Crippen molar-refractivity contribution in [3.63, 3.8) is 0 Å². The molecule has 0 aromatic heterocycles. The molecular weight excluding hydrogens is 282 g/mol. The molecule has 2 nitrogen and oxygen atoms in total. The highest BCUT2D eigenvalue weighted by atomic mass is 35.5. The lowest BCUT2D eigenvalue weighted by molar-refractivity contribution is -0.0428. The van der Waals surface area contributed by atoms with E-state index in [1.807, 2.05) is 24.3 Å². The second kappa shape index (κ2) is 6.68. The first-order chi connectivity index (χ1) is 10.2. The second-order valence-corrected chi connectivity index (χ2v) is 7.25. The van der Waals surface area contributed by atoms with Crippen LogP contribution in [0.1, 0.15) is 50.5 Å². The summed E-state index contributed by atoms with van der Waals surface area (Å²) in [6, 6.07) is 7.83. The number of benzene rings is 1. The van der Waals surface area contributed by atoms with E-state index in [1.165, 1.54) is 19.3 Å². The summed E-state index contributed by atoms with van der Waals surface area (Å²) < 4.78 is 0. The molecule has 1 heterocycles. The Kier molecular flexibility index (Phi) is 4.88. The van der Waals surface area contributed by atoms with E-state index in [-0.39, 0.29) is 0 Å². The van der Waals surface area contributed by atoms with Crippen LogP contribution in [0.4, 0.5) is 0 Å². The molecule has 1 unspecified atom stereocenters. The first-order valence-electron chi connectivity index (χ1n) is 8.37. The molecule has 3 rings (SSSR count). The molecule has 1 aliphatic carbocycles. The van der Waals surface area contributed by atoms with E-state index in [0.717, 1.165) is 55.3 Å². The van der Waals surface area contributed by atoms with Crippen molar-refractivity contribution in [1.29, 1.82) is 0 Å². The van der Waals surface area contributed by atoms with Crippen molar-refractivity contribution >= 4 is 11.6 Å². The fraction of sp³-hybridized carbons (Fsp3) is 0.667. The Balaban J connectivity index is 1.77. The predicted molar refractivity (Wildman–Crippen MR) is 87.5 cm³/mol. The standard InChI is InChI=1S/C18H26ClNO/c19-17-7-1-5-15(12-17)18(21,10-2-4-14-8-9-14)16-6-3-11-20-13-16/h1,5,7,12,14,16,20-21H,2-4,6,8-11,13H2/t16-,18?/m0/s1. The van der Waals surface area contributed by atoms with Crippen LogP contribution in [0.2, 0.25) is 5.02 Å². The van der Waals surface area contributed by atoms with Crippen molar-refractivity contribution in [1.82, 2.24) is 5.32 Å². The summed E-state index contributed by atoms with van der Waals surface area (Å²) >= 11 is 6.16. The van der Waals surface area contributed by atoms with E-state index in [1.54, 1.807) is 0 Å². The van der Waals surface area contributed by atoms with E-state index < -0.39 is 5.60 Å². The number of nitrogens with one attached hydrogen (secondary N) is 1. The largest absolute Gasteiger partial charge is 0.385 e. The maximum Gasteiger partial charge on any atom is 0.0937 e. The van der Waals surface area contributed by atoms with Gasteiger partial charge in [-0.3, -0.25) is 0 Å². The Hall–Kier alpha value is -0.570. The minimum Gasteiger partial charge on any atom is -0.385 e. The highest BCUT2D eigenvalue weighted by molar-refractivity contribution is 6.30. The summed E-state index contributed by atoms with van der Waals surface area (Å²) in [5.41, 5.74) is 0.271. The van der Waals surface area contributed by atoms with Gasteiger partial charge in [0.1, 0.15) is 0 Å². The highest BCUT2D eigenvalue weighted by Crippen LogP contribution is 2.41. The topological polar surface area (TPSA) is 32.3 Å². The van der Waals surface area contributed by atoms with Crippen molar-refractivity contribution in [2.75, 3.05) is 13.1 Å². The third-order valence-corrected chi connectivity index (χ3v) is 5.40. The number of halogens is 1. The minimum atomic E-state index is -0.729. The SMILES string of the molecule is OC(CCCC1CC1)(c1cccc(Cl)c1)[C@H]1CCCNC1. The Morgan fingerprint density at radius 2 is 2.14 bits per heavy atom. The van der Waals surface area contributed by atoms with E-state index in [9.17, 15) is 5.11 Å². The Bertz CT molecular complexity index is 468. The highest BCUT2D eigenvalue weighted by Gasteiger charge is 2.39. The van der Waals surface area contributed by atoms with Crippen molar-refractivity contribution < 1.29 is 5.11 Å². The number of piperidine rings is 1. The van der Waals surface area contributed by atoms with Gasteiger partial charge in [0, 0.05) is 17.5 Å². The first-order valence-corrected chi connectivity index (χ1v) is 8.75. The molecule has 1 saturated carbocycles. The van der Waals surface area contributed by atoms with Gasteiger partial charge in [-0.1, -0.05) is 43.0 Å². The average molecular weight is 308 g/mol. The van der Waals surface area contributed by atoms with Gasteiger partial charge in [0.15, 0.2) is 0 Å². The number of aliphatic hydroxyl groups is 1. The van der Waals surface area contributed by atoms with E-state index in [0.29, 0.717) is 5.92 Å². The van der Waals surface area contributed by atoms with Crippen LogP contribution in [0.15, 0.2) is 24.3 Å². The van der Waals surface area contributed by atoms with E-state index in [4.69, 9.17) is 11.6 Å². The zero-order valence-corrected chi connectivity index (χ0v) is 13.4. The van der Waals surface area contributed by atoms with Crippen LogP contribution in [0.25, 0.3) is 0 Å². The van der Waals surface area contributed by atoms with Crippen molar-refractivity contribution in [2.45, 2.75) is 50.5 Å². The van der Waals surface area contributed by atoms with Crippen molar-refractivity contribution in [3.05, 3.63) is 34.9 Å². The van der Waals surface area contributed by atoms with Crippen LogP contribution < -0.4 is 5.32 Å². The van der Waals surface area contributed by atoms with Gasteiger partial charge in [0.05, 0.1) is 5.60 Å². The lowest BCUT2D eigenvalue weighted by atomic mass is 9.74. The monoisotopic (exact) mass is 307 g/mol. The molecule has 2 atom stereocenters. The van der Waals surface area contributed by atoms with Crippen molar-refractivity contribution in [2.24, 2.45) is 11.8 Å². The third-order valence-electron chi connectivity index (χ3n) is 5.16. The Labute approximate surface area is 132 Å². The maximum atomic E-state index is 11.5. The average Bonchev–Trinajstić information content (AvgIpc) is 3.32. The van der Waals surface area contributed by atoms with Gasteiger partial charge in [-0.05, 0) is 55.8 Å². The fourth-order valence-corrected chi connectivity index (χ4v) is 3.86. The molecule has 0 spiro atoms. The summed E-state index contributed by atoms with van der Waals surface area (Å²) in [4.78, 5) is 0. The minimum absolute atomic E-state index is 0.295. The number of hydrogen-bond donors (Lipinski definition) is 2. The Morgan fingerprint density at radius 1 is 1.29 bits per heavy atom. The number of hydrogen-bond acceptors (Lipinski definition) is 2. The fourth-order valence-electron chi connectivity index (χ4n) is 3.67. The quantitative estimate of drug-likeness (QED) is 0.829. The number of rotatable bonds is 6. The van der Waals surface area contributed by atoms with Gasteiger partial charge >= 0.3 is 0 Å². The summed E-state index contributed by atoms with van der Waals surface area (Å²) in [5, 5.41) is 15.6. The van der Waals surface area contributed by atoms with E-state index >= 15 is 0 Å². The van der Waals surface area contributed by atoms with Crippen LogP contribution in [-0.2, 0) is 5.60 Å². The molecule has 1 aromatic rings. The molecule has 1 aromatic carbocycles. The molecule has 0 amide bonds. The molecule has 1 saturated heterocycles. The molecule has 2 N–H and O–H groups in total. The summed E-state index contributed by atoms with van der Waals surface area (Å²) in [6.07, 6.45) is 8.26.